The lowest BCUT2D eigenvalue weighted by atomic mass is 10.2. The van der Waals surface area contributed by atoms with E-state index in [1.54, 1.807) is 12.1 Å². The lowest BCUT2D eigenvalue weighted by Crippen LogP contribution is -2.39. The first-order chi connectivity index (χ1) is 7.75. The highest BCUT2D eigenvalue weighted by molar-refractivity contribution is 5.89. The van der Waals surface area contributed by atoms with Gasteiger partial charge in [0.25, 0.3) is 0 Å². The van der Waals surface area contributed by atoms with Gasteiger partial charge in [-0.1, -0.05) is 12.1 Å². The van der Waals surface area contributed by atoms with Crippen LogP contribution in [-0.4, -0.2) is 25.2 Å². The number of hydrogen-bond donors (Lipinski definition) is 3. The van der Waals surface area contributed by atoms with Crippen molar-refractivity contribution >= 4 is 11.7 Å². The average Bonchev–Trinajstić information content (AvgIpc) is 2.74. The zero-order valence-corrected chi connectivity index (χ0v) is 8.79. The molecule has 1 unspecified atom stereocenters. The standard InChI is InChI=1S/C11H14FN3O/c12-9-3-1-2-4-10(9)15-11(16)14-8-5-6-13-7-8/h1-4,8,13H,5-7H2,(H2,14,15,16). The summed E-state index contributed by atoms with van der Waals surface area (Å²) in [6, 6.07) is 5.87. The van der Waals surface area contributed by atoms with Crippen LogP contribution in [0, 0.1) is 5.82 Å². The molecule has 1 aromatic carbocycles. The minimum Gasteiger partial charge on any atom is -0.334 e. The summed E-state index contributed by atoms with van der Waals surface area (Å²) in [5, 5.41) is 8.40. The predicted octanol–water partition coefficient (Wildman–Crippen LogP) is 1.31. The van der Waals surface area contributed by atoms with Gasteiger partial charge in [0.2, 0.25) is 0 Å². The van der Waals surface area contributed by atoms with Crippen LogP contribution in [-0.2, 0) is 0 Å². The Morgan fingerprint density at radius 2 is 2.25 bits per heavy atom. The van der Waals surface area contributed by atoms with Crippen LogP contribution in [0.15, 0.2) is 24.3 Å². The van der Waals surface area contributed by atoms with E-state index >= 15 is 0 Å². The Balaban J connectivity index is 1.89. The van der Waals surface area contributed by atoms with Gasteiger partial charge in [0, 0.05) is 12.6 Å². The van der Waals surface area contributed by atoms with E-state index in [0.29, 0.717) is 0 Å². The maximum absolute atomic E-state index is 13.2. The number of halogens is 1. The monoisotopic (exact) mass is 223 g/mol. The van der Waals surface area contributed by atoms with E-state index in [-0.39, 0.29) is 17.8 Å². The van der Waals surface area contributed by atoms with E-state index in [1.165, 1.54) is 12.1 Å². The summed E-state index contributed by atoms with van der Waals surface area (Å²) in [6.07, 6.45) is 0.907. The topological polar surface area (TPSA) is 53.2 Å². The van der Waals surface area contributed by atoms with Crippen molar-refractivity contribution in [2.45, 2.75) is 12.5 Å². The highest BCUT2D eigenvalue weighted by atomic mass is 19.1. The molecule has 0 spiro atoms. The van der Waals surface area contributed by atoms with Crippen LogP contribution in [0.2, 0.25) is 0 Å². The van der Waals surface area contributed by atoms with E-state index in [0.717, 1.165) is 19.5 Å². The van der Waals surface area contributed by atoms with Crippen molar-refractivity contribution in [1.82, 2.24) is 10.6 Å². The number of rotatable bonds is 2. The Kier molecular flexibility index (Phi) is 3.36. The van der Waals surface area contributed by atoms with Crippen LogP contribution < -0.4 is 16.0 Å². The largest absolute Gasteiger partial charge is 0.334 e. The summed E-state index contributed by atoms with van der Waals surface area (Å²) < 4.78 is 13.2. The third kappa shape index (κ3) is 2.70. The molecule has 1 aliphatic rings. The maximum Gasteiger partial charge on any atom is 0.319 e. The molecule has 1 heterocycles. The second kappa shape index (κ2) is 4.94. The van der Waals surface area contributed by atoms with Gasteiger partial charge in [-0.3, -0.25) is 0 Å². The third-order valence-electron chi connectivity index (χ3n) is 2.52. The SMILES string of the molecule is O=C(Nc1ccccc1F)NC1CCNC1. The smallest absolute Gasteiger partial charge is 0.319 e. The molecule has 16 heavy (non-hydrogen) atoms. The number of hydrogen-bond acceptors (Lipinski definition) is 2. The predicted molar refractivity (Wildman–Crippen MR) is 59.8 cm³/mol. The number of anilines is 1. The summed E-state index contributed by atoms with van der Waals surface area (Å²) in [5.41, 5.74) is 0.200. The molecule has 5 heteroatoms. The van der Waals surface area contributed by atoms with Crippen LogP contribution in [0.25, 0.3) is 0 Å². The van der Waals surface area contributed by atoms with E-state index < -0.39 is 5.82 Å². The molecule has 86 valence electrons. The third-order valence-corrected chi connectivity index (χ3v) is 2.52. The Morgan fingerprint density at radius 1 is 1.44 bits per heavy atom. The summed E-state index contributed by atoms with van der Waals surface area (Å²) in [5.74, 6) is -0.429. The van der Waals surface area contributed by atoms with Gasteiger partial charge < -0.3 is 16.0 Å². The van der Waals surface area contributed by atoms with Gasteiger partial charge in [0.05, 0.1) is 5.69 Å². The molecule has 4 nitrogen and oxygen atoms in total. The molecule has 2 amide bonds. The van der Waals surface area contributed by atoms with Crippen LogP contribution >= 0.6 is 0 Å². The van der Waals surface area contributed by atoms with Gasteiger partial charge in [-0.25, -0.2) is 9.18 Å². The molecule has 1 aliphatic heterocycles. The number of nitrogens with one attached hydrogen (secondary N) is 3. The van der Waals surface area contributed by atoms with Crippen LogP contribution in [0.4, 0.5) is 14.9 Å². The first-order valence-electron chi connectivity index (χ1n) is 5.28. The van der Waals surface area contributed by atoms with Gasteiger partial charge in [0.1, 0.15) is 5.82 Å². The van der Waals surface area contributed by atoms with Crippen molar-refractivity contribution in [3.8, 4) is 0 Å². The molecule has 1 saturated heterocycles. The zero-order valence-electron chi connectivity index (χ0n) is 8.79. The number of amides is 2. The van der Waals surface area contributed by atoms with Gasteiger partial charge in [-0.05, 0) is 25.1 Å². The summed E-state index contributed by atoms with van der Waals surface area (Å²) in [7, 11) is 0. The first-order valence-corrected chi connectivity index (χ1v) is 5.28. The fraction of sp³-hybridized carbons (Fsp3) is 0.364. The number of carbonyl (C=O) groups excluding carboxylic acids is 1. The minimum absolute atomic E-state index is 0.131. The Hall–Kier alpha value is -1.62. The Bertz CT molecular complexity index is 377. The number of benzene rings is 1. The molecule has 2 rings (SSSR count). The van der Waals surface area contributed by atoms with Crippen molar-refractivity contribution in [1.29, 1.82) is 0 Å². The lowest BCUT2D eigenvalue weighted by Gasteiger charge is -2.12. The molecule has 1 fully saturated rings. The van der Waals surface area contributed by atoms with Crippen molar-refractivity contribution in [3.05, 3.63) is 30.1 Å². The zero-order chi connectivity index (χ0) is 11.4. The molecule has 1 atom stereocenters. The lowest BCUT2D eigenvalue weighted by molar-refractivity contribution is 0.249. The summed E-state index contributed by atoms with van der Waals surface area (Å²) in [6.45, 7) is 1.68. The average molecular weight is 223 g/mol. The normalized spacial score (nSPS) is 19.4. The molecule has 0 saturated carbocycles. The van der Waals surface area contributed by atoms with Gasteiger partial charge in [-0.15, -0.1) is 0 Å². The molecule has 0 aromatic heterocycles. The van der Waals surface area contributed by atoms with E-state index in [2.05, 4.69) is 16.0 Å². The van der Waals surface area contributed by atoms with Crippen molar-refractivity contribution in [3.63, 3.8) is 0 Å². The molecular weight excluding hydrogens is 209 g/mol. The van der Waals surface area contributed by atoms with Crippen molar-refractivity contribution < 1.29 is 9.18 Å². The highest BCUT2D eigenvalue weighted by Crippen LogP contribution is 2.12. The van der Waals surface area contributed by atoms with Crippen molar-refractivity contribution in [2.75, 3.05) is 18.4 Å². The van der Waals surface area contributed by atoms with E-state index in [4.69, 9.17) is 0 Å². The van der Waals surface area contributed by atoms with Crippen LogP contribution in [0.5, 0.6) is 0 Å². The highest BCUT2D eigenvalue weighted by Gasteiger charge is 2.16. The fourth-order valence-electron chi connectivity index (χ4n) is 1.68. The van der Waals surface area contributed by atoms with Crippen molar-refractivity contribution in [2.24, 2.45) is 0 Å². The molecule has 3 N–H and O–H groups in total. The maximum atomic E-state index is 13.2. The molecule has 0 aliphatic carbocycles. The minimum atomic E-state index is -0.429. The number of carbonyl (C=O) groups is 1. The Labute approximate surface area is 93.2 Å². The fourth-order valence-corrected chi connectivity index (χ4v) is 1.68. The summed E-state index contributed by atoms with van der Waals surface area (Å²) >= 11 is 0. The summed E-state index contributed by atoms with van der Waals surface area (Å²) in [4.78, 5) is 11.5. The van der Waals surface area contributed by atoms with Crippen LogP contribution in [0.1, 0.15) is 6.42 Å². The second-order valence-corrected chi connectivity index (χ2v) is 3.77. The van der Waals surface area contributed by atoms with Gasteiger partial charge in [0.15, 0.2) is 0 Å². The van der Waals surface area contributed by atoms with Gasteiger partial charge >= 0.3 is 6.03 Å². The molecule has 0 radical (unpaired) electrons. The molecule has 0 bridgehead atoms. The Morgan fingerprint density at radius 3 is 2.94 bits per heavy atom. The van der Waals surface area contributed by atoms with E-state index in [9.17, 15) is 9.18 Å². The second-order valence-electron chi connectivity index (χ2n) is 3.77. The van der Waals surface area contributed by atoms with E-state index in [1.807, 2.05) is 0 Å². The number of urea groups is 1. The molecule has 1 aromatic rings. The quantitative estimate of drug-likeness (QED) is 0.708. The number of para-hydroxylation sites is 1. The van der Waals surface area contributed by atoms with Gasteiger partial charge in [-0.2, -0.15) is 0 Å². The first kappa shape index (κ1) is 10.9. The van der Waals surface area contributed by atoms with Crippen LogP contribution in [0.3, 0.4) is 0 Å². The molecular formula is C11H14FN3O.